The molecular formula is C13H11Br2NOS. The van der Waals surface area contributed by atoms with Gasteiger partial charge in [0, 0.05) is 15.8 Å². The molecule has 0 fully saturated rings. The number of carbonyl (C=O) groups excluding carboxylic acids is 1. The van der Waals surface area contributed by atoms with Crippen molar-refractivity contribution >= 4 is 49.1 Å². The predicted octanol–water partition coefficient (Wildman–Crippen LogP) is 4.34. The molecule has 1 aromatic carbocycles. The maximum atomic E-state index is 11.9. The first-order chi connectivity index (χ1) is 8.69. The number of carbonyl (C=O) groups is 1. The zero-order valence-corrected chi connectivity index (χ0v) is 13.4. The summed E-state index contributed by atoms with van der Waals surface area (Å²) in [4.78, 5) is 13.0. The molecule has 1 amide bonds. The second-order valence-corrected chi connectivity index (χ2v) is 6.83. The van der Waals surface area contributed by atoms with Crippen molar-refractivity contribution < 1.29 is 4.79 Å². The lowest BCUT2D eigenvalue weighted by molar-refractivity contribution is 0.0951. The molecule has 2 rings (SSSR count). The van der Waals surface area contributed by atoms with Crippen LogP contribution in [0, 0.1) is 0 Å². The summed E-state index contributed by atoms with van der Waals surface area (Å²) in [6, 6.07) is 11.6. The number of benzene rings is 1. The first kappa shape index (κ1) is 13.8. The quantitative estimate of drug-likeness (QED) is 0.775. The molecule has 1 N–H and O–H groups in total. The Morgan fingerprint density at radius 2 is 1.89 bits per heavy atom. The van der Waals surface area contributed by atoms with E-state index in [1.807, 2.05) is 36.4 Å². The van der Waals surface area contributed by atoms with Gasteiger partial charge in [-0.15, -0.1) is 11.3 Å². The number of amides is 1. The maximum Gasteiger partial charge on any atom is 0.251 e. The minimum absolute atomic E-state index is 0.0411. The third-order valence-electron chi connectivity index (χ3n) is 2.42. The van der Waals surface area contributed by atoms with Gasteiger partial charge in [-0.2, -0.15) is 0 Å². The zero-order valence-electron chi connectivity index (χ0n) is 9.45. The Kier molecular flexibility index (Phi) is 4.97. The van der Waals surface area contributed by atoms with Crippen LogP contribution in [-0.4, -0.2) is 5.91 Å². The average Bonchev–Trinajstić information content (AvgIpc) is 2.82. The smallest absolute Gasteiger partial charge is 0.251 e. The van der Waals surface area contributed by atoms with Gasteiger partial charge in [0.25, 0.3) is 5.91 Å². The van der Waals surface area contributed by atoms with Gasteiger partial charge >= 0.3 is 0 Å². The van der Waals surface area contributed by atoms with E-state index in [9.17, 15) is 4.79 Å². The Hall–Kier alpha value is -0.650. The molecule has 18 heavy (non-hydrogen) atoms. The highest BCUT2D eigenvalue weighted by atomic mass is 79.9. The van der Waals surface area contributed by atoms with E-state index in [-0.39, 0.29) is 5.91 Å². The number of halogens is 2. The second-order valence-electron chi connectivity index (χ2n) is 3.72. The van der Waals surface area contributed by atoms with E-state index < -0.39 is 0 Å². The number of nitrogens with one attached hydrogen (secondary N) is 1. The van der Waals surface area contributed by atoms with Crippen molar-refractivity contribution in [2.24, 2.45) is 0 Å². The summed E-state index contributed by atoms with van der Waals surface area (Å²) in [6.45, 7) is 0.565. The van der Waals surface area contributed by atoms with Crippen molar-refractivity contribution in [1.29, 1.82) is 0 Å². The molecular weight excluding hydrogens is 378 g/mol. The monoisotopic (exact) mass is 387 g/mol. The molecule has 0 aliphatic carbocycles. The minimum atomic E-state index is -0.0411. The molecule has 1 heterocycles. The lowest BCUT2D eigenvalue weighted by Gasteiger charge is -2.04. The maximum absolute atomic E-state index is 11.9. The standard InChI is InChI=1S/C13H11Br2NOS/c14-7-9-1-3-10(4-2-9)13(17)16-8-11-5-6-12(15)18-11/h1-6H,7-8H2,(H,16,17). The Labute approximate surface area is 127 Å². The molecule has 0 saturated heterocycles. The van der Waals surface area contributed by atoms with Crippen LogP contribution >= 0.6 is 43.2 Å². The van der Waals surface area contributed by atoms with Gasteiger partial charge in [-0.3, -0.25) is 4.79 Å². The van der Waals surface area contributed by atoms with Gasteiger partial charge in [0.2, 0.25) is 0 Å². The first-order valence-corrected chi connectivity index (χ1v) is 8.09. The van der Waals surface area contributed by atoms with E-state index in [0.29, 0.717) is 12.1 Å². The minimum Gasteiger partial charge on any atom is -0.347 e. The van der Waals surface area contributed by atoms with Gasteiger partial charge in [0.15, 0.2) is 0 Å². The van der Waals surface area contributed by atoms with E-state index in [1.54, 1.807) is 11.3 Å². The van der Waals surface area contributed by atoms with Crippen molar-refractivity contribution in [3.8, 4) is 0 Å². The summed E-state index contributed by atoms with van der Waals surface area (Å²) in [5.74, 6) is -0.0411. The van der Waals surface area contributed by atoms with Crippen LogP contribution < -0.4 is 5.32 Å². The van der Waals surface area contributed by atoms with Crippen molar-refractivity contribution in [3.05, 3.63) is 56.2 Å². The summed E-state index contributed by atoms with van der Waals surface area (Å²) in [5.41, 5.74) is 1.85. The fourth-order valence-corrected chi connectivity index (χ4v) is 3.26. The van der Waals surface area contributed by atoms with Crippen LogP contribution in [0.3, 0.4) is 0 Å². The van der Waals surface area contributed by atoms with Gasteiger partial charge in [-0.25, -0.2) is 0 Å². The number of alkyl halides is 1. The molecule has 94 valence electrons. The number of hydrogen-bond acceptors (Lipinski definition) is 2. The molecule has 5 heteroatoms. The zero-order chi connectivity index (χ0) is 13.0. The molecule has 0 spiro atoms. The van der Waals surface area contributed by atoms with Crippen LogP contribution in [0.5, 0.6) is 0 Å². The van der Waals surface area contributed by atoms with Gasteiger partial charge in [-0.05, 0) is 45.8 Å². The summed E-state index contributed by atoms with van der Waals surface area (Å²) in [6.07, 6.45) is 0. The lowest BCUT2D eigenvalue weighted by Crippen LogP contribution is -2.22. The Bertz CT molecular complexity index is 536. The van der Waals surface area contributed by atoms with Crippen molar-refractivity contribution in [2.45, 2.75) is 11.9 Å². The van der Waals surface area contributed by atoms with E-state index in [4.69, 9.17) is 0 Å². The molecule has 0 saturated carbocycles. The Morgan fingerprint density at radius 3 is 2.44 bits per heavy atom. The van der Waals surface area contributed by atoms with Gasteiger partial charge in [0.05, 0.1) is 10.3 Å². The first-order valence-electron chi connectivity index (χ1n) is 5.36. The number of thiophene rings is 1. The molecule has 0 atom stereocenters. The Balaban J connectivity index is 1.94. The van der Waals surface area contributed by atoms with E-state index in [0.717, 1.165) is 19.6 Å². The molecule has 2 aromatic rings. The van der Waals surface area contributed by atoms with Crippen LogP contribution in [0.4, 0.5) is 0 Å². The SMILES string of the molecule is O=C(NCc1ccc(Br)s1)c1ccc(CBr)cc1. The summed E-state index contributed by atoms with van der Waals surface area (Å²) in [7, 11) is 0. The fraction of sp³-hybridized carbons (Fsp3) is 0.154. The molecule has 2 nitrogen and oxygen atoms in total. The summed E-state index contributed by atoms with van der Waals surface area (Å²) < 4.78 is 1.08. The predicted molar refractivity (Wildman–Crippen MR) is 82.3 cm³/mol. The van der Waals surface area contributed by atoms with E-state index in [2.05, 4.69) is 37.2 Å². The molecule has 0 bridgehead atoms. The van der Waals surface area contributed by atoms with Crippen molar-refractivity contribution in [2.75, 3.05) is 0 Å². The largest absolute Gasteiger partial charge is 0.347 e. The summed E-state index contributed by atoms with van der Waals surface area (Å²) in [5, 5.41) is 3.71. The highest BCUT2D eigenvalue weighted by Crippen LogP contribution is 2.21. The topological polar surface area (TPSA) is 29.1 Å². The average molecular weight is 389 g/mol. The fourth-order valence-electron chi connectivity index (χ4n) is 1.46. The van der Waals surface area contributed by atoms with Crippen LogP contribution in [0.1, 0.15) is 20.8 Å². The van der Waals surface area contributed by atoms with Gasteiger partial charge in [0.1, 0.15) is 0 Å². The normalized spacial score (nSPS) is 10.3. The van der Waals surface area contributed by atoms with Crippen LogP contribution in [0.15, 0.2) is 40.2 Å². The highest BCUT2D eigenvalue weighted by molar-refractivity contribution is 9.11. The van der Waals surface area contributed by atoms with Gasteiger partial charge in [-0.1, -0.05) is 28.1 Å². The van der Waals surface area contributed by atoms with Gasteiger partial charge < -0.3 is 5.32 Å². The second kappa shape index (κ2) is 6.50. The van der Waals surface area contributed by atoms with Crippen molar-refractivity contribution in [1.82, 2.24) is 5.32 Å². The highest BCUT2D eigenvalue weighted by Gasteiger charge is 2.05. The van der Waals surface area contributed by atoms with Crippen LogP contribution in [0.25, 0.3) is 0 Å². The Morgan fingerprint density at radius 1 is 1.17 bits per heavy atom. The summed E-state index contributed by atoms with van der Waals surface area (Å²) >= 11 is 8.41. The van der Waals surface area contributed by atoms with E-state index in [1.165, 1.54) is 0 Å². The molecule has 0 unspecified atom stereocenters. The van der Waals surface area contributed by atoms with E-state index >= 15 is 0 Å². The number of rotatable bonds is 4. The molecule has 0 aliphatic rings. The molecule has 0 radical (unpaired) electrons. The lowest BCUT2D eigenvalue weighted by atomic mass is 10.1. The van der Waals surface area contributed by atoms with Crippen molar-refractivity contribution in [3.63, 3.8) is 0 Å². The molecule has 0 aliphatic heterocycles. The van der Waals surface area contributed by atoms with Crippen LogP contribution in [0.2, 0.25) is 0 Å². The third-order valence-corrected chi connectivity index (χ3v) is 4.69. The van der Waals surface area contributed by atoms with Crippen LogP contribution in [-0.2, 0) is 11.9 Å². The number of hydrogen-bond donors (Lipinski definition) is 1. The third kappa shape index (κ3) is 3.67. The molecule has 1 aromatic heterocycles.